The third-order valence-corrected chi connectivity index (χ3v) is 4.80. The molecule has 1 nitrogen and oxygen atoms in total. The van der Waals surface area contributed by atoms with Crippen LogP contribution in [0.2, 0.25) is 0 Å². The highest BCUT2D eigenvalue weighted by atomic mass is 16.1. The molecule has 22 heavy (non-hydrogen) atoms. The van der Waals surface area contributed by atoms with Gasteiger partial charge in [0.1, 0.15) is 0 Å². The van der Waals surface area contributed by atoms with Gasteiger partial charge in [0.25, 0.3) is 0 Å². The number of carbonyl (C=O) groups excluding carboxylic acids is 1. The predicted molar refractivity (Wildman–Crippen MR) is 93.4 cm³/mol. The Bertz CT molecular complexity index is 821. The van der Waals surface area contributed by atoms with E-state index in [1.54, 1.807) is 0 Å². The van der Waals surface area contributed by atoms with E-state index in [0.29, 0.717) is 6.42 Å². The average Bonchev–Trinajstić information content (AvgIpc) is 2.78. The van der Waals surface area contributed by atoms with E-state index in [-0.39, 0.29) is 11.7 Å². The second-order valence-electron chi connectivity index (χ2n) is 6.25. The topological polar surface area (TPSA) is 17.1 Å². The fourth-order valence-electron chi connectivity index (χ4n) is 3.52. The highest BCUT2D eigenvalue weighted by molar-refractivity contribution is 6.02. The van der Waals surface area contributed by atoms with Crippen molar-refractivity contribution in [2.45, 2.75) is 40.0 Å². The van der Waals surface area contributed by atoms with E-state index >= 15 is 0 Å². The van der Waals surface area contributed by atoms with Gasteiger partial charge in [0.2, 0.25) is 0 Å². The lowest BCUT2D eigenvalue weighted by Gasteiger charge is -2.20. The van der Waals surface area contributed by atoms with Gasteiger partial charge in [0, 0.05) is 17.9 Å². The first-order valence-corrected chi connectivity index (χ1v) is 7.94. The van der Waals surface area contributed by atoms with Crippen molar-refractivity contribution in [3.63, 3.8) is 0 Å². The van der Waals surface area contributed by atoms with Crippen LogP contribution in [-0.4, -0.2) is 5.78 Å². The minimum Gasteiger partial charge on any atom is -0.294 e. The Morgan fingerprint density at radius 2 is 1.68 bits per heavy atom. The Balaban J connectivity index is 2.28. The molecule has 0 aliphatic heterocycles. The molecule has 1 atom stereocenters. The zero-order valence-corrected chi connectivity index (χ0v) is 13.7. The maximum absolute atomic E-state index is 12.5. The van der Waals surface area contributed by atoms with Crippen molar-refractivity contribution in [1.29, 1.82) is 0 Å². The first-order chi connectivity index (χ1) is 10.5. The zero-order valence-electron chi connectivity index (χ0n) is 13.7. The molecule has 1 unspecified atom stereocenters. The fraction of sp³-hybridized carbons (Fsp3) is 0.286. The van der Waals surface area contributed by atoms with Gasteiger partial charge in [-0.2, -0.15) is 0 Å². The lowest BCUT2D eigenvalue weighted by atomic mass is 9.83. The number of fused-ring (bicyclic) bond motifs is 1. The van der Waals surface area contributed by atoms with Crippen molar-refractivity contribution in [1.82, 2.24) is 0 Å². The molecule has 1 aliphatic rings. The smallest absolute Gasteiger partial charge is 0.162 e. The summed E-state index contributed by atoms with van der Waals surface area (Å²) < 4.78 is 0. The second-order valence-corrected chi connectivity index (χ2v) is 6.25. The van der Waals surface area contributed by atoms with Crippen molar-refractivity contribution in [3.8, 4) is 0 Å². The van der Waals surface area contributed by atoms with E-state index in [2.05, 4.69) is 57.2 Å². The Kier molecular flexibility index (Phi) is 3.74. The number of hydrogen-bond acceptors (Lipinski definition) is 1. The zero-order chi connectivity index (χ0) is 15.9. The lowest BCUT2D eigenvalue weighted by molar-refractivity contribution is 0.0987. The number of carbonyl (C=O) groups is 1. The molecule has 2 aromatic carbocycles. The molecule has 0 spiro atoms. The van der Waals surface area contributed by atoms with Gasteiger partial charge >= 0.3 is 0 Å². The molecule has 0 saturated carbocycles. The molecule has 3 rings (SSSR count). The van der Waals surface area contributed by atoms with Crippen LogP contribution in [0, 0.1) is 0 Å². The number of benzene rings is 2. The van der Waals surface area contributed by atoms with E-state index in [9.17, 15) is 4.79 Å². The molecule has 0 bridgehead atoms. The van der Waals surface area contributed by atoms with Crippen LogP contribution in [0.1, 0.15) is 56.0 Å². The van der Waals surface area contributed by atoms with E-state index < -0.39 is 0 Å². The van der Waals surface area contributed by atoms with Crippen molar-refractivity contribution >= 4 is 16.6 Å². The standard InChI is InChI=1S/C21H22O/c1-5-20(22)18-11-16-8-6-7-9-17(16)12-19(18)21-14(3)10-13(2)15(21)4/h6-12,21H,5H2,1-4H3. The monoisotopic (exact) mass is 290 g/mol. The minimum absolute atomic E-state index is 0.228. The predicted octanol–water partition coefficient (Wildman–Crippen LogP) is 5.81. The van der Waals surface area contributed by atoms with Gasteiger partial charge in [-0.3, -0.25) is 4.79 Å². The summed E-state index contributed by atoms with van der Waals surface area (Å²) in [5.74, 6) is 0.473. The molecule has 2 aromatic rings. The first kappa shape index (κ1) is 14.8. The molecule has 0 radical (unpaired) electrons. The van der Waals surface area contributed by atoms with Gasteiger partial charge in [0.05, 0.1) is 0 Å². The number of Topliss-reactive ketones (excluding diaryl/α,β-unsaturated/α-hetero) is 1. The molecule has 0 saturated heterocycles. The maximum atomic E-state index is 12.5. The quantitative estimate of drug-likeness (QED) is 0.652. The first-order valence-electron chi connectivity index (χ1n) is 7.94. The number of allylic oxidation sites excluding steroid dienone is 4. The van der Waals surface area contributed by atoms with E-state index in [1.165, 1.54) is 22.1 Å². The number of rotatable bonds is 3. The van der Waals surface area contributed by atoms with Crippen molar-refractivity contribution in [3.05, 3.63) is 70.3 Å². The van der Waals surface area contributed by atoms with Crippen LogP contribution in [0.4, 0.5) is 0 Å². The molecule has 0 aromatic heterocycles. The summed E-state index contributed by atoms with van der Waals surface area (Å²) in [6, 6.07) is 12.6. The van der Waals surface area contributed by atoms with Crippen LogP contribution in [-0.2, 0) is 0 Å². The summed E-state index contributed by atoms with van der Waals surface area (Å²) in [5, 5.41) is 2.34. The van der Waals surface area contributed by atoms with Gasteiger partial charge < -0.3 is 0 Å². The Hall–Kier alpha value is -2.15. The van der Waals surface area contributed by atoms with E-state index in [4.69, 9.17) is 0 Å². The maximum Gasteiger partial charge on any atom is 0.162 e. The normalized spacial score (nSPS) is 18.0. The van der Waals surface area contributed by atoms with Gasteiger partial charge in [-0.05, 0) is 49.2 Å². The van der Waals surface area contributed by atoms with Crippen LogP contribution >= 0.6 is 0 Å². The van der Waals surface area contributed by atoms with Crippen molar-refractivity contribution in [2.24, 2.45) is 0 Å². The third-order valence-electron chi connectivity index (χ3n) is 4.80. The summed E-state index contributed by atoms with van der Waals surface area (Å²) in [7, 11) is 0. The lowest BCUT2D eigenvalue weighted by Crippen LogP contribution is -2.08. The molecule has 0 amide bonds. The summed E-state index contributed by atoms with van der Waals surface area (Å²) in [4.78, 5) is 12.5. The molecule has 1 heteroatoms. The molecular formula is C21H22O. The number of hydrogen-bond donors (Lipinski definition) is 0. The largest absolute Gasteiger partial charge is 0.294 e. The average molecular weight is 290 g/mol. The van der Waals surface area contributed by atoms with E-state index in [0.717, 1.165) is 16.5 Å². The Morgan fingerprint density at radius 1 is 1.05 bits per heavy atom. The molecule has 112 valence electrons. The summed E-state index contributed by atoms with van der Waals surface area (Å²) >= 11 is 0. The highest BCUT2D eigenvalue weighted by Gasteiger charge is 2.26. The highest BCUT2D eigenvalue weighted by Crippen LogP contribution is 2.41. The van der Waals surface area contributed by atoms with Gasteiger partial charge in [-0.15, -0.1) is 0 Å². The molecule has 1 aliphatic carbocycles. The van der Waals surface area contributed by atoms with Crippen LogP contribution in [0.25, 0.3) is 10.8 Å². The van der Waals surface area contributed by atoms with Crippen LogP contribution in [0.3, 0.4) is 0 Å². The van der Waals surface area contributed by atoms with Crippen LogP contribution < -0.4 is 0 Å². The minimum atomic E-state index is 0.228. The summed E-state index contributed by atoms with van der Waals surface area (Å²) in [5.41, 5.74) is 6.06. The molecule has 0 fully saturated rings. The molecular weight excluding hydrogens is 268 g/mol. The fourth-order valence-corrected chi connectivity index (χ4v) is 3.52. The molecule has 0 heterocycles. The molecule has 0 N–H and O–H groups in total. The van der Waals surface area contributed by atoms with Gasteiger partial charge in [0.15, 0.2) is 5.78 Å². The third kappa shape index (κ3) is 2.31. The Labute approximate surface area is 132 Å². The van der Waals surface area contributed by atoms with E-state index in [1.807, 2.05) is 13.0 Å². The van der Waals surface area contributed by atoms with Crippen molar-refractivity contribution < 1.29 is 4.79 Å². The summed E-state index contributed by atoms with van der Waals surface area (Å²) in [6.07, 6.45) is 2.79. The van der Waals surface area contributed by atoms with Crippen molar-refractivity contribution in [2.75, 3.05) is 0 Å². The van der Waals surface area contributed by atoms with Crippen LogP contribution in [0.5, 0.6) is 0 Å². The van der Waals surface area contributed by atoms with Gasteiger partial charge in [-0.25, -0.2) is 0 Å². The van der Waals surface area contributed by atoms with Crippen LogP contribution in [0.15, 0.2) is 59.2 Å². The Morgan fingerprint density at radius 3 is 2.23 bits per heavy atom. The van der Waals surface area contributed by atoms with Gasteiger partial charge in [-0.1, -0.05) is 54.0 Å². The number of ketones is 1. The SMILES string of the molecule is CCC(=O)c1cc2ccccc2cc1C1C(C)=CC(C)=C1C. The summed E-state index contributed by atoms with van der Waals surface area (Å²) in [6.45, 7) is 8.44. The second kappa shape index (κ2) is 5.57.